The first-order valence-corrected chi connectivity index (χ1v) is 7.71. The first-order chi connectivity index (χ1) is 10.4. The molecule has 0 aliphatic heterocycles. The minimum absolute atomic E-state index is 0.0545. The van der Waals surface area contributed by atoms with Crippen molar-refractivity contribution in [1.29, 1.82) is 0 Å². The molecule has 7 heteroatoms. The van der Waals surface area contributed by atoms with E-state index in [9.17, 15) is 9.59 Å². The molecule has 120 valence electrons. The lowest BCUT2D eigenvalue weighted by Crippen LogP contribution is -2.37. The van der Waals surface area contributed by atoms with Crippen LogP contribution in [-0.2, 0) is 21.1 Å². The summed E-state index contributed by atoms with van der Waals surface area (Å²) in [5, 5.41) is 0. The highest BCUT2D eigenvalue weighted by molar-refractivity contribution is 5.71. The fourth-order valence-corrected chi connectivity index (χ4v) is 3.29. The van der Waals surface area contributed by atoms with E-state index in [1.165, 1.54) is 37.3 Å². The Kier molecular flexibility index (Phi) is 3.58. The Morgan fingerprint density at radius 2 is 1.73 bits per heavy atom. The van der Waals surface area contributed by atoms with Crippen LogP contribution in [0.25, 0.3) is 11.2 Å². The van der Waals surface area contributed by atoms with Crippen molar-refractivity contribution in [3.63, 3.8) is 0 Å². The minimum Gasteiger partial charge on any atom is -0.461 e. The molecular formula is C15H22N4O3. The lowest BCUT2D eigenvalue weighted by atomic mass is 10.0. The van der Waals surface area contributed by atoms with E-state index in [2.05, 4.69) is 4.98 Å². The number of hydrogen-bond acceptors (Lipinski definition) is 4. The maximum atomic E-state index is 12.3. The van der Waals surface area contributed by atoms with Crippen LogP contribution in [-0.4, -0.2) is 24.8 Å². The SMILES string of the molecule is CC(Oc1nc2c(c(=O)n(C)c(=O)n2C)n1C)C1CCCC1. The summed E-state index contributed by atoms with van der Waals surface area (Å²) in [6.07, 6.45) is 4.89. The summed E-state index contributed by atoms with van der Waals surface area (Å²) < 4.78 is 10.1. The van der Waals surface area contributed by atoms with Gasteiger partial charge in [0.15, 0.2) is 11.2 Å². The highest BCUT2D eigenvalue weighted by Gasteiger charge is 2.25. The Balaban J connectivity index is 2.07. The molecule has 2 aromatic rings. The number of aromatic nitrogens is 4. The molecule has 0 radical (unpaired) electrons. The Morgan fingerprint density at radius 1 is 1.09 bits per heavy atom. The van der Waals surface area contributed by atoms with Crippen LogP contribution in [0.4, 0.5) is 0 Å². The van der Waals surface area contributed by atoms with E-state index in [4.69, 9.17) is 4.74 Å². The van der Waals surface area contributed by atoms with E-state index in [0.29, 0.717) is 23.1 Å². The minimum atomic E-state index is -0.383. The van der Waals surface area contributed by atoms with Crippen molar-refractivity contribution in [1.82, 2.24) is 18.7 Å². The normalized spacial score (nSPS) is 17.3. The maximum absolute atomic E-state index is 12.3. The van der Waals surface area contributed by atoms with Crippen molar-refractivity contribution in [3.8, 4) is 6.01 Å². The van der Waals surface area contributed by atoms with Crippen LogP contribution >= 0.6 is 0 Å². The molecule has 1 unspecified atom stereocenters. The average molecular weight is 306 g/mol. The molecule has 1 saturated carbocycles. The van der Waals surface area contributed by atoms with Gasteiger partial charge in [0.2, 0.25) is 0 Å². The fourth-order valence-electron chi connectivity index (χ4n) is 3.29. The molecule has 0 bridgehead atoms. The third-order valence-corrected chi connectivity index (χ3v) is 4.79. The molecule has 22 heavy (non-hydrogen) atoms. The van der Waals surface area contributed by atoms with E-state index < -0.39 is 0 Å². The van der Waals surface area contributed by atoms with E-state index in [-0.39, 0.29) is 17.4 Å². The Bertz CT molecular complexity index is 824. The molecular weight excluding hydrogens is 284 g/mol. The third-order valence-electron chi connectivity index (χ3n) is 4.79. The van der Waals surface area contributed by atoms with Crippen LogP contribution in [0.2, 0.25) is 0 Å². The molecule has 7 nitrogen and oxygen atoms in total. The van der Waals surface area contributed by atoms with Gasteiger partial charge in [0.05, 0.1) is 0 Å². The topological polar surface area (TPSA) is 71.1 Å². The zero-order valence-electron chi connectivity index (χ0n) is 13.5. The molecule has 0 amide bonds. The second-order valence-electron chi connectivity index (χ2n) is 6.20. The summed E-state index contributed by atoms with van der Waals surface area (Å²) in [6, 6.07) is 0.396. The number of nitrogens with zero attached hydrogens (tertiary/aromatic N) is 4. The number of aryl methyl sites for hydroxylation is 2. The van der Waals surface area contributed by atoms with E-state index in [1.54, 1.807) is 18.7 Å². The monoisotopic (exact) mass is 306 g/mol. The quantitative estimate of drug-likeness (QED) is 0.846. The molecule has 2 aromatic heterocycles. The summed E-state index contributed by atoms with van der Waals surface area (Å²) in [7, 11) is 4.83. The second-order valence-corrected chi connectivity index (χ2v) is 6.20. The van der Waals surface area contributed by atoms with Gasteiger partial charge in [-0.25, -0.2) is 4.79 Å². The molecule has 1 fully saturated rings. The van der Waals surface area contributed by atoms with Crippen molar-refractivity contribution < 1.29 is 4.74 Å². The van der Waals surface area contributed by atoms with Crippen LogP contribution in [0, 0.1) is 5.92 Å². The molecule has 1 aliphatic rings. The van der Waals surface area contributed by atoms with Crippen LogP contribution in [0.3, 0.4) is 0 Å². The first-order valence-electron chi connectivity index (χ1n) is 7.71. The smallest absolute Gasteiger partial charge is 0.332 e. The molecule has 0 saturated heterocycles. The van der Waals surface area contributed by atoms with E-state index in [0.717, 1.165) is 4.57 Å². The maximum Gasteiger partial charge on any atom is 0.332 e. The number of hydrogen-bond donors (Lipinski definition) is 0. The van der Waals surface area contributed by atoms with Crippen LogP contribution in [0.5, 0.6) is 6.01 Å². The van der Waals surface area contributed by atoms with Crippen molar-refractivity contribution in [2.75, 3.05) is 0 Å². The van der Waals surface area contributed by atoms with Gasteiger partial charge in [-0.1, -0.05) is 12.8 Å². The predicted octanol–water partition coefficient (Wildman–Crippen LogP) is 0.928. The molecule has 0 aromatic carbocycles. The van der Waals surface area contributed by atoms with Gasteiger partial charge in [-0.2, -0.15) is 4.98 Å². The van der Waals surface area contributed by atoms with Crippen molar-refractivity contribution in [2.24, 2.45) is 27.1 Å². The highest BCUT2D eigenvalue weighted by Crippen LogP contribution is 2.30. The largest absolute Gasteiger partial charge is 0.461 e. The number of ether oxygens (including phenoxy) is 1. The van der Waals surface area contributed by atoms with Gasteiger partial charge in [0.1, 0.15) is 6.10 Å². The summed E-state index contributed by atoms with van der Waals surface area (Å²) in [5.74, 6) is 0.534. The molecule has 0 N–H and O–H groups in total. The predicted molar refractivity (Wildman–Crippen MR) is 83.2 cm³/mol. The Labute approximate surface area is 128 Å². The van der Waals surface area contributed by atoms with E-state index in [1.807, 2.05) is 6.92 Å². The fraction of sp³-hybridized carbons (Fsp3) is 0.667. The lowest BCUT2D eigenvalue weighted by Gasteiger charge is -2.19. The molecule has 2 heterocycles. The zero-order chi connectivity index (χ0) is 16.0. The second kappa shape index (κ2) is 5.30. The summed E-state index contributed by atoms with van der Waals surface area (Å²) in [5.41, 5.74) is 0.0184. The average Bonchev–Trinajstić information content (AvgIpc) is 3.12. The highest BCUT2D eigenvalue weighted by atomic mass is 16.5. The van der Waals surface area contributed by atoms with Gasteiger partial charge in [-0.15, -0.1) is 0 Å². The van der Waals surface area contributed by atoms with Crippen LogP contribution in [0.15, 0.2) is 9.59 Å². The summed E-state index contributed by atoms with van der Waals surface area (Å²) in [6.45, 7) is 2.05. The standard InChI is InChI=1S/C15H22N4O3/c1-9(10-7-5-6-8-10)22-14-16-12-11(17(14)2)13(20)19(4)15(21)18(12)3/h9-10H,5-8H2,1-4H3. The van der Waals surface area contributed by atoms with Crippen molar-refractivity contribution in [3.05, 3.63) is 20.8 Å². The van der Waals surface area contributed by atoms with Gasteiger partial charge >= 0.3 is 5.69 Å². The summed E-state index contributed by atoms with van der Waals surface area (Å²) in [4.78, 5) is 28.7. The molecule has 0 spiro atoms. The zero-order valence-corrected chi connectivity index (χ0v) is 13.5. The number of fused-ring (bicyclic) bond motifs is 1. The van der Waals surface area contributed by atoms with Crippen LogP contribution < -0.4 is 16.0 Å². The molecule has 1 atom stereocenters. The van der Waals surface area contributed by atoms with Gasteiger partial charge in [0, 0.05) is 21.1 Å². The third kappa shape index (κ3) is 2.15. The van der Waals surface area contributed by atoms with Gasteiger partial charge in [-0.05, 0) is 25.7 Å². The molecule has 1 aliphatic carbocycles. The van der Waals surface area contributed by atoms with E-state index >= 15 is 0 Å². The van der Waals surface area contributed by atoms with Gasteiger partial charge in [0.25, 0.3) is 11.6 Å². The Hall–Kier alpha value is -2.05. The summed E-state index contributed by atoms with van der Waals surface area (Å²) >= 11 is 0. The van der Waals surface area contributed by atoms with Gasteiger partial charge < -0.3 is 4.74 Å². The van der Waals surface area contributed by atoms with Gasteiger partial charge in [-0.3, -0.25) is 18.5 Å². The van der Waals surface area contributed by atoms with Crippen molar-refractivity contribution in [2.45, 2.75) is 38.7 Å². The molecule has 3 rings (SSSR count). The number of rotatable bonds is 3. The van der Waals surface area contributed by atoms with Crippen LogP contribution in [0.1, 0.15) is 32.6 Å². The van der Waals surface area contributed by atoms with Crippen molar-refractivity contribution >= 4 is 11.2 Å². The Morgan fingerprint density at radius 3 is 2.36 bits per heavy atom. The number of imidazole rings is 1. The lowest BCUT2D eigenvalue weighted by molar-refractivity contribution is 0.137. The first kappa shape index (κ1) is 14.9.